The van der Waals surface area contributed by atoms with E-state index in [-0.39, 0.29) is 12.2 Å². The number of phenolic OH excluding ortho intramolecular Hbond substituents is 1. The average Bonchev–Trinajstić information content (AvgIpc) is 2.66. The molecule has 2 rings (SSSR count). The molecule has 0 bridgehead atoms. The number of phenols is 1. The molecular formula is C11H10N2O3. The number of hydrogen-bond donors (Lipinski definition) is 3. The number of para-hydroxylation sites is 1. The number of carboxylic acids is 1. The second kappa shape index (κ2) is 4.06. The van der Waals surface area contributed by atoms with Crippen molar-refractivity contribution < 1.29 is 15.0 Å². The van der Waals surface area contributed by atoms with E-state index >= 15 is 0 Å². The number of benzene rings is 1. The van der Waals surface area contributed by atoms with E-state index in [2.05, 4.69) is 10.2 Å². The standard InChI is InChI=1S/C11H10N2O3/c14-10-4-2-1-3-8(10)9-5-7(12-13-9)6-11(15)16/h1-5,14H,6H2,(H,12,13)(H,15,16). The lowest BCUT2D eigenvalue weighted by Gasteiger charge is -1.98. The number of carboxylic acid groups (broad SMARTS) is 1. The Morgan fingerprint density at radius 2 is 2.12 bits per heavy atom. The third kappa shape index (κ3) is 2.03. The summed E-state index contributed by atoms with van der Waals surface area (Å²) >= 11 is 0. The van der Waals surface area contributed by atoms with Crippen molar-refractivity contribution in [1.29, 1.82) is 0 Å². The molecule has 0 aliphatic heterocycles. The first-order chi connectivity index (χ1) is 7.66. The summed E-state index contributed by atoms with van der Waals surface area (Å²) in [7, 11) is 0. The van der Waals surface area contributed by atoms with Gasteiger partial charge in [0.2, 0.25) is 0 Å². The highest BCUT2D eigenvalue weighted by Crippen LogP contribution is 2.27. The molecule has 0 saturated heterocycles. The maximum atomic E-state index is 10.5. The molecule has 0 aliphatic carbocycles. The largest absolute Gasteiger partial charge is 0.507 e. The number of nitrogens with one attached hydrogen (secondary N) is 1. The summed E-state index contributed by atoms with van der Waals surface area (Å²) in [5, 5.41) is 24.8. The van der Waals surface area contributed by atoms with Crippen molar-refractivity contribution in [2.45, 2.75) is 6.42 Å². The van der Waals surface area contributed by atoms with Gasteiger partial charge in [0.25, 0.3) is 0 Å². The highest BCUT2D eigenvalue weighted by atomic mass is 16.4. The summed E-state index contributed by atoms with van der Waals surface area (Å²) in [5.74, 6) is -0.802. The normalized spacial score (nSPS) is 10.2. The monoisotopic (exact) mass is 218 g/mol. The minimum absolute atomic E-state index is 0.111. The van der Waals surface area contributed by atoms with Crippen LogP contribution in [0.1, 0.15) is 5.69 Å². The zero-order valence-corrected chi connectivity index (χ0v) is 8.34. The topological polar surface area (TPSA) is 86.2 Å². The molecule has 2 aromatic rings. The lowest BCUT2D eigenvalue weighted by Crippen LogP contribution is -1.99. The Morgan fingerprint density at radius 1 is 1.38 bits per heavy atom. The first-order valence-electron chi connectivity index (χ1n) is 4.71. The maximum absolute atomic E-state index is 10.5. The smallest absolute Gasteiger partial charge is 0.309 e. The molecule has 0 radical (unpaired) electrons. The fourth-order valence-electron chi connectivity index (χ4n) is 1.44. The van der Waals surface area contributed by atoms with E-state index in [0.717, 1.165) is 0 Å². The number of aromatic amines is 1. The summed E-state index contributed by atoms with van der Waals surface area (Å²) in [6, 6.07) is 8.38. The second-order valence-corrected chi connectivity index (χ2v) is 3.37. The van der Waals surface area contributed by atoms with Crippen LogP contribution < -0.4 is 0 Å². The van der Waals surface area contributed by atoms with E-state index in [1.807, 2.05) is 0 Å². The van der Waals surface area contributed by atoms with Crippen LogP contribution in [0.25, 0.3) is 11.3 Å². The zero-order chi connectivity index (χ0) is 11.5. The molecule has 0 amide bonds. The minimum atomic E-state index is -0.924. The van der Waals surface area contributed by atoms with Gasteiger partial charge in [-0.15, -0.1) is 0 Å². The van der Waals surface area contributed by atoms with Crippen molar-refractivity contribution in [2.75, 3.05) is 0 Å². The molecule has 1 aromatic carbocycles. The highest BCUT2D eigenvalue weighted by molar-refractivity contribution is 5.71. The number of aromatic hydroxyl groups is 1. The van der Waals surface area contributed by atoms with Crippen molar-refractivity contribution in [3.05, 3.63) is 36.0 Å². The van der Waals surface area contributed by atoms with Crippen LogP contribution in [0.15, 0.2) is 30.3 Å². The lowest BCUT2D eigenvalue weighted by molar-refractivity contribution is -0.136. The quantitative estimate of drug-likeness (QED) is 0.727. The average molecular weight is 218 g/mol. The van der Waals surface area contributed by atoms with Gasteiger partial charge in [-0.3, -0.25) is 9.89 Å². The molecule has 5 nitrogen and oxygen atoms in total. The minimum Gasteiger partial charge on any atom is -0.507 e. The van der Waals surface area contributed by atoms with Gasteiger partial charge in [0.1, 0.15) is 5.75 Å². The molecule has 82 valence electrons. The Balaban J connectivity index is 2.32. The Morgan fingerprint density at radius 3 is 2.81 bits per heavy atom. The maximum Gasteiger partial charge on any atom is 0.309 e. The number of H-pyrrole nitrogens is 1. The summed E-state index contributed by atoms with van der Waals surface area (Å²) in [4.78, 5) is 10.5. The van der Waals surface area contributed by atoms with Gasteiger partial charge in [-0.25, -0.2) is 0 Å². The molecule has 0 aliphatic rings. The molecule has 0 saturated carbocycles. The summed E-state index contributed by atoms with van der Waals surface area (Å²) in [5.41, 5.74) is 1.62. The van der Waals surface area contributed by atoms with Crippen LogP contribution in [0.2, 0.25) is 0 Å². The molecule has 16 heavy (non-hydrogen) atoms. The Bertz CT molecular complexity index is 519. The fraction of sp³-hybridized carbons (Fsp3) is 0.0909. The molecule has 1 heterocycles. The fourth-order valence-corrected chi connectivity index (χ4v) is 1.44. The first kappa shape index (κ1) is 10.2. The van der Waals surface area contributed by atoms with Gasteiger partial charge < -0.3 is 10.2 Å². The van der Waals surface area contributed by atoms with Gasteiger partial charge in [0.15, 0.2) is 0 Å². The number of nitrogens with zero attached hydrogens (tertiary/aromatic N) is 1. The Labute approximate surface area is 91.4 Å². The van der Waals surface area contributed by atoms with Crippen molar-refractivity contribution in [3.8, 4) is 17.0 Å². The Kier molecular flexibility index (Phi) is 2.59. The third-order valence-electron chi connectivity index (χ3n) is 2.15. The van der Waals surface area contributed by atoms with Gasteiger partial charge in [-0.2, -0.15) is 5.10 Å². The van der Waals surface area contributed by atoms with Crippen LogP contribution in [0.3, 0.4) is 0 Å². The van der Waals surface area contributed by atoms with Crippen LogP contribution in [0.5, 0.6) is 5.75 Å². The van der Waals surface area contributed by atoms with E-state index < -0.39 is 5.97 Å². The van der Waals surface area contributed by atoms with Crippen molar-refractivity contribution in [2.24, 2.45) is 0 Å². The highest BCUT2D eigenvalue weighted by Gasteiger charge is 2.09. The molecule has 1 aromatic heterocycles. The van der Waals surface area contributed by atoms with E-state index in [9.17, 15) is 9.90 Å². The number of hydrogen-bond acceptors (Lipinski definition) is 3. The number of rotatable bonds is 3. The van der Waals surface area contributed by atoms with E-state index in [1.54, 1.807) is 30.3 Å². The number of aliphatic carboxylic acids is 1. The van der Waals surface area contributed by atoms with Crippen molar-refractivity contribution in [3.63, 3.8) is 0 Å². The summed E-state index contributed by atoms with van der Waals surface area (Å²) < 4.78 is 0. The molecular weight excluding hydrogens is 208 g/mol. The van der Waals surface area contributed by atoms with E-state index in [4.69, 9.17) is 5.11 Å². The number of carbonyl (C=O) groups is 1. The third-order valence-corrected chi connectivity index (χ3v) is 2.15. The van der Waals surface area contributed by atoms with Gasteiger partial charge >= 0.3 is 5.97 Å². The van der Waals surface area contributed by atoms with Gasteiger partial charge in [-0.1, -0.05) is 12.1 Å². The van der Waals surface area contributed by atoms with Gasteiger partial charge in [0.05, 0.1) is 12.1 Å². The van der Waals surface area contributed by atoms with Gasteiger partial charge in [0, 0.05) is 11.3 Å². The van der Waals surface area contributed by atoms with Crippen LogP contribution in [0.4, 0.5) is 0 Å². The summed E-state index contributed by atoms with van der Waals surface area (Å²) in [6.45, 7) is 0. The van der Waals surface area contributed by atoms with E-state index in [1.165, 1.54) is 0 Å². The van der Waals surface area contributed by atoms with Crippen LogP contribution in [-0.2, 0) is 11.2 Å². The lowest BCUT2D eigenvalue weighted by atomic mass is 10.1. The molecule has 5 heteroatoms. The first-order valence-corrected chi connectivity index (χ1v) is 4.71. The van der Waals surface area contributed by atoms with Gasteiger partial charge in [-0.05, 0) is 18.2 Å². The Hall–Kier alpha value is -2.30. The summed E-state index contributed by atoms with van der Waals surface area (Å²) in [6.07, 6.45) is -0.111. The predicted molar refractivity (Wildman–Crippen MR) is 57.0 cm³/mol. The van der Waals surface area contributed by atoms with Crippen LogP contribution >= 0.6 is 0 Å². The molecule has 3 N–H and O–H groups in total. The molecule has 0 unspecified atom stereocenters. The van der Waals surface area contributed by atoms with Crippen LogP contribution in [0, 0.1) is 0 Å². The zero-order valence-electron chi connectivity index (χ0n) is 8.34. The van der Waals surface area contributed by atoms with E-state index in [0.29, 0.717) is 17.0 Å². The SMILES string of the molecule is O=C(O)Cc1cc(-c2ccccc2O)n[nH]1. The molecule has 0 spiro atoms. The second-order valence-electron chi connectivity index (χ2n) is 3.37. The molecule has 0 atom stereocenters. The number of aromatic nitrogens is 2. The van der Waals surface area contributed by atoms with Crippen LogP contribution in [-0.4, -0.2) is 26.4 Å². The molecule has 0 fully saturated rings. The predicted octanol–water partition coefficient (Wildman–Crippen LogP) is 1.41. The van der Waals surface area contributed by atoms with Crippen molar-refractivity contribution >= 4 is 5.97 Å². The van der Waals surface area contributed by atoms with Crippen molar-refractivity contribution in [1.82, 2.24) is 10.2 Å².